The Kier molecular flexibility index (Phi) is 4.71. The van der Waals surface area contributed by atoms with Gasteiger partial charge in [-0.2, -0.15) is 13.2 Å². The molecule has 0 saturated carbocycles. The van der Waals surface area contributed by atoms with Gasteiger partial charge < -0.3 is 5.32 Å². The van der Waals surface area contributed by atoms with Gasteiger partial charge in [0.2, 0.25) is 0 Å². The van der Waals surface area contributed by atoms with E-state index in [-0.39, 0.29) is 33.5 Å². The van der Waals surface area contributed by atoms with Crippen LogP contribution in [0.4, 0.5) is 30.2 Å². The van der Waals surface area contributed by atoms with Crippen LogP contribution in [0, 0.1) is 10.1 Å². The molecule has 0 aliphatic rings. The molecule has 0 spiro atoms. The lowest BCUT2D eigenvalue weighted by molar-refractivity contribution is -0.384. The fraction of sp³-hybridized carbons (Fsp3) is 0.0588. The van der Waals surface area contributed by atoms with E-state index in [0.29, 0.717) is 0 Å². The smallest absolute Gasteiger partial charge is 0.354 e. The van der Waals surface area contributed by atoms with Crippen LogP contribution in [0.5, 0.6) is 0 Å². The lowest BCUT2D eigenvalue weighted by Crippen LogP contribution is -2.07. The molecule has 138 valence electrons. The van der Waals surface area contributed by atoms with Crippen LogP contribution in [0.1, 0.15) is 15.9 Å². The number of pyridine rings is 1. The first-order chi connectivity index (χ1) is 12.7. The Hall–Kier alpha value is -3.20. The minimum atomic E-state index is -4.60. The Bertz CT molecular complexity index is 1070. The Balaban J connectivity index is 2.17. The zero-order valence-electron chi connectivity index (χ0n) is 13.2. The largest absolute Gasteiger partial charge is 0.418 e. The molecule has 0 atom stereocenters. The van der Waals surface area contributed by atoms with E-state index in [9.17, 15) is 28.1 Å². The number of carbonyl (C=O) groups excluding carboxylic acids is 1. The molecule has 2 aromatic carbocycles. The minimum Gasteiger partial charge on any atom is -0.354 e. The summed E-state index contributed by atoms with van der Waals surface area (Å²) in [7, 11) is 0. The van der Waals surface area contributed by atoms with Gasteiger partial charge in [-0.3, -0.25) is 19.9 Å². The number of nitro benzene ring substituents is 1. The van der Waals surface area contributed by atoms with Gasteiger partial charge in [-0.1, -0.05) is 12.1 Å². The molecule has 0 fully saturated rings. The number of nitrogens with zero attached hydrogens (tertiary/aromatic N) is 2. The number of rotatable bonds is 4. The summed E-state index contributed by atoms with van der Waals surface area (Å²) in [6.07, 6.45) is -3.44. The van der Waals surface area contributed by atoms with Crippen LogP contribution in [0.3, 0.4) is 0 Å². The minimum absolute atomic E-state index is 0.00545. The fourth-order valence-electron chi connectivity index (χ4n) is 2.58. The number of alkyl halides is 3. The Morgan fingerprint density at radius 1 is 1.15 bits per heavy atom. The lowest BCUT2D eigenvalue weighted by Gasteiger charge is -2.14. The Labute approximate surface area is 154 Å². The van der Waals surface area contributed by atoms with Crippen LogP contribution < -0.4 is 5.32 Å². The third-order valence-corrected chi connectivity index (χ3v) is 3.98. The molecule has 0 amide bonds. The summed E-state index contributed by atoms with van der Waals surface area (Å²) < 4.78 is 39.6. The van der Waals surface area contributed by atoms with E-state index in [4.69, 9.17) is 11.6 Å². The molecule has 3 aromatic rings. The van der Waals surface area contributed by atoms with E-state index in [1.54, 1.807) is 0 Å². The molecule has 6 nitrogen and oxygen atoms in total. The molecule has 0 radical (unpaired) electrons. The third kappa shape index (κ3) is 3.68. The molecule has 1 N–H and O–H groups in total. The number of benzene rings is 2. The van der Waals surface area contributed by atoms with Gasteiger partial charge in [-0.25, -0.2) is 0 Å². The Morgan fingerprint density at radius 2 is 1.89 bits per heavy atom. The third-order valence-electron chi connectivity index (χ3n) is 3.77. The summed E-state index contributed by atoms with van der Waals surface area (Å²) in [5, 5.41) is 13.0. The predicted octanol–water partition coefficient (Wildman–Crippen LogP) is 5.28. The van der Waals surface area contributed by atoms with E-state index < -0.39 is 21.9 Å². The van der Waals surface area contributed by atoms with Crippen molar-refractivity contribution in [3.8, 4) is 0 Å². The molecule has 1 aromatic heterocycles. The van der Waals surface area contributed by atoms with Crippen molar-refractivity contribution in [1.82, 2.24) is 4.98 Å². The second-order valence-electron chi connectivity index (χ2n) is 5.44. The van der Waals surface area contributed by atoms with Gasteiger partial charge in [0.15, 0.2) is 0 Å². The first-order valence-electron chi connectivity index (χ1n) is 7.38. The molecule has 0 bridgehead atoms. The van der Waals surface area contributed by atoms with Crippen molar-refractivity contribution in [2.24, 2.45) is 0 Å². The van der Waals surface area contributed by atoms with Crippen molar-refractivity contribution in [3.63, 3.8) is 0 Å². The average molecular weight is 396 g/mol. The first-order valence-corrected chi connectivity index (χ1v) is 7.76. The second-order valence-corrected chi connectivity index (χ2v) is 5.79. The second kappa shape index (κ2) is 6.84. The van der Waals surface area contributed by atoms with Gasteiger partial charge in [0, 0.05) is 29.4 Å². The van der Waals surface area contributed by atoms with Crippen molar-refractivity contribution in [1.29, 1.82) is 0 Å². The first kappa shape index (κ1) is 18.6. The summed E-state index contributed by atoms with van der Waals surface area (Å²) in [4.78, 5) is 25.7. The highest BCUT2D eigenvalue weighted by molar-refractivity contribution is 6.68. The summed E-state index contributed by atoms with van der Waals surface area (Å²) in [5.41, 5.74) is -1.40. The number of nitro groups is 1. The van der Waals surface area contributed by atoms with Crippen molar-refractivity contribution in [2.75, 3.05) is 5.32 Å². The number of hydrogen-bond donors (Lipinski definition) is 1. The monoisotopic (exact) mass is 395 g/mol. The van der Waals surface area contributed by atoms with Crippen LogP contribution >= 0.6 is 11.6 Å². The van der Waals surface area contributed by atoms with Crippen LogP contribution in [0.25, 0.3) is 10.9 Å². The number of fused-ring (bicyclic) bond motifs is 1. The lowest BCUT2D eigenvalue weighted by atomic mass is 10.1. The maximum absolute atomic E-state index is 13.2. The Morgan fingerprint density at radius 3 is 2.52 bits per heavy atom. The van der Waals surface area contributed by atoms with Gasteiger partial charge >= 0.3 is 6.18 Å². The topological polar surface area (TPSA) is 85.1 Å². The van der Waals surface area contributed by atoms with Crippen LogP contribution in [0.2, 0.25) is 0 Å². The molecule has 1 heterocycles. The van der Waals surface area contributed by atoms with Crippen LogP contribution in [-0.2, 0) is 6.18 Å². The van der Waals surface area contributed by atoms with E-state index in [1.807, 2.05) is 0 Å². The van der Waals surface area contributed by atoms with Crippen molar-refractivity contribution in [2.45, 2.75) is 6.18 Å². The summed E-state index contributed by atoms with van der Waals surface area (Å²) in [6.45, 7) is 0. The highest BCUT2D eigenvalue weighted by atomic mass is 35.5. The highest BCUT2D eigenvalue weighted by Gasteiger charge is 2.33. The van der Waals surface area contributed by atoms with Gasteiger partial charge in [0.25, 0.3) is 10.9 Å². The zero-order chi connectivity index (χ0) is 19.8. The molecule has 0 saturated heterocycles. The zero-order valence-corrected chi connectivity index (χ0v) is 14.0. The maximum atomic E-state index is 13.2. The normalized spacial score (nSPS) is 11.4. The molecule has 0 aliphatic heterocycles. The quantitative estimate of drug-likeness (QED) is 0.369. The molecule has 0 unspecified atom stereocenters. The number of non-ortho nitro benzene ring substituents is 1. The standard InChI is InChI=1S/C17H9ClF3N3O3/c18-16(25)11-5-4-9(24(26)27)8-14(11)23-13-6-7-22-15-10(13)2-1-3-12(15)17(19,20)21/h1-8H,(H,22,23). The number of nitrogens with one attached hydrogen (secondary N) is 1. The van der Waals surface area contributed by atoms with E-state index in [1.165, 1.54) is 30.5 Å². The number of aromatic nitrogens is 1. The highest BCUT2D eigenvalue weighted by Crippen LogP contribution is 2.37. The molecule has 0 aliphatic carbocycles. The van der Waals surface area contributed by atoms with Crippen molar-refractivity contribution in [3.05, 3.63) is 69.9 Å². The van der Waals surface area contributed by atoms with Crippen LogP contribution in [-0.4, -0.2) is 15.1 Å². The van der Waals surface area contributed by atoms with E-state index >= 15 is 0 Å². The summed E-state index contributed by atoms with van der Waals surface area (Å²) in [6, 6.07) is 8.28. The molecular formula is C17H9ClF3N3O3. The van der Waals surface area contributed by atoms with E-state index in [0.717, 1.165) is 18.2 Å². The van der Waals surface area contributed by atoms with Gasteiger partial charge in [-0.05, 0) is 29.8 Å². The SMILES string of the molecule is O=C(Cl)c1ccc([N+](=O)[O-])cc1Nc1ccnc2c(C(F)(F)F)cccc12. The fourth-order valence-corrected chi connectivity index (χ4v) is 2.74. The average Bonchev–Trinajstić information content (AvgIpc) is 2.60. The van der Waals surface area contributed by atoms with Gasteiger partial charge in [-0.15, -0.1) is 0 Å². The molecule has 3 rings (SSSR count). The molecule has 27 heavy (non-hydrogen) atoms. The maximum Gasteiger partial charge on any atom is 0.418 e. The van der Waals surface area contributed by atoms with E-state index in [2.05, 4.69) is 10.3 Å². The summed E-state index contributed by atoms with van der Waals surface area (Å²) in [5.74, 6) is 0. The van der Waals surface area contributed by atoms with Crippen LogP contribution in [0.15, 0.2) is 48.7 Å². The molecular weight excluding hydrogens is 387 g/mol. The number of carbonyl (C=O) groups is 1. The number of hydrogen-bond acceptors (Lipinski definition) is 5. The molecule has 10 heteroatoms. The van der Waals surface area contributed by atoms with Gasteiger partial charge in [0.05, 0.1) is 27.3 Å². The van der Waals surface area contributed by atoms with Crippen molar-refractivity contribution < 1.29 is 22.9 Å². The number of halogens is 4. The number of para-hydroxylation sites is 1. The van der Waals surface area contributed by atoms with Gasteiger partial charge in [0.1, 0.15) is 0 Å². The number of anilines is 2. The van der Waals surface area contributed by atoms with Crippen molar-refractivity contribution >= 4 is 44.8 Å². The summed E-state index contributed by atoms with van der Waals surface area (Å²) >= 11 is 5.50. The predicted molar refractivity (Wildman–Crippen MR) is 93.3 cm³/mol.